The van der Waals surface area contributed by atoms with E-state index < -0.39 is 17.9 Å². The highest BCUT2D eigenvalue weighted by atomic mass is 16.8. The van der Waals surface area contributed by atoms with Crippen molar-refractivity contribution in [3.8, 4) is 17.1 Å². The van der Waals surface area contributed by atoms with Gasteiger partial charge in [-0.05, 0) is 62.9 Å². The summed E-state index contributed by atoms with van der Waals surface area (Å²) in [6.07, 6.45) is 12.2. The predicted octanol–water partition coefficient (Wildman–Crippen LogP) is 5.88. The van der Waals surface area contributed by atoms with Gasteiger partial charge in [-0.1, -0.05) is 46.0 Å². The molecule has 2 heterocycles. The first kappa shape index (κ1) is 24.3. The topological polar surface area (TPSA) is 70.5 Å². The normalized spacial score (nSPS) is 19.8. The van der Waals surface area contributed by atoms with Gasteiger partial charge in [-0.2, -0.15) is 0 Å². The van der Waals surface area contributed by atoms with Gasteiger partial charge >= 0.3 is 5.97 Å². The minimum Gasteiger partial charge on any atom is -0.425 e. The summed E-state index contributed by atoms with van der Waals surface area (Å²) >= 11 is 0. The quantitative estimate of drug-likeness (QED) is 0.247. The zero-order valence-corrected chi connectivity index (χ0v) is 19.8. The van der Waals surface area contributed by atoms with Gasteiger partial charge in [-0.3, -0.25) is 0 Å². The second-order valence-corrected chi connectivity index (χ2v) is 8.88. The Morgan fingerprint density at radius 2 is 1.62 bits per heavy atom. The molecular weight excluding hydrogens is 404 g/mol. The molecule has 0 spiro atoms. The van der Waals surface area contributed by atoms with Crippen LogP contribution in [0.2, 0.25) is 0 Å². The summed E-state index contributed by atoms with van der Waals surface area (Å²) in [7, 11) is 0. The van der Waals surface area contributed by atoms with Gasteiger partial charge < -0.3 is 14.2 Å². The summed E-state index contributed by atoms with van der Waals surface area (Å²) in [6, 6.07) is 7.22. The number of esters is 1. The molecule has 1 fully saturated rings. The van der Waals surface area contributed by atoms with E-state index in [2.05, 4.69) is 16.9 Å². The van der Waals surface area contributed by atoms with E-state index in [1.165, 1.54) is 44.1 Å². The van der Waals surface area contributed by atoms with E-state index in [0.717, 1.165) is 12.0 Å². The van der Waals surface area contributed by atoms with Gasteiger partial charge in [0, 0.05) is 18.0 Å². The first-order valence-electron chi connectivity index (χ1n) is 11.9. The first-order chi connectivity index (χ1) is 15.4. The van der Waals surface area contributed by atoms with E-state index in [0.29, 0.717) is 18.0 Å². The molecule has 174 valence electrons. The van der Waals surface area contributed by atoms with Crippen LogP contribution in [0.1, 0.15) is 78.2 Å². The number of hydrogen-bond donors (Lipinski definition) is 0. The van der Waals surface area contributed by atoms with Gasteiger partial charge in [0.2, 0.25) is 0 Å². The molecule has 2 unspecified atom stereocenters. The van der Waals surface area contributed by atoms with Crippen molar-refractivity contribution < 1.29 is 19.0 Å². The molecule has 0 bridgehead atoms. The third-order valence-electron chi connectivity index (χ3n) is 5.67. The molecule has 0 aliphatic carbocycles. The largest absolute Gasteiger partial charge is 0.425 e. The van der Waals surface area contributed by atoms with Crippen molar-refractivity contribution in [3.05, 3.63) is 42.2 Å². The Kier molecular flexibility index (Phi) is 8.76. The SMILES string of the molecule is CCCCCCCCc1cnc(-c2ccc(OC(=O)C3OC(C)(C)OC3CC)cc2)nc1. The lowest BCUT2D eigenvalue weighted by molar-refractivity contribution is -0.163. The summed E-state index contributed by atoms with van der Waals surface area (Å²) in [6.45, 7) is 7.80. The van der Waals surface area contributed by atoms with E-state index in [1.807, 2.05) is 31.5 Å². The molecule has 1 aliphatic rings. The maximum atomic E-state index is 12.6. The van der Waals surface area contributed by atoms with Crippen molar-refractivity contribution in [1.29, 1.82) is 0 Å². The van der Waals surface area contributed by atoms with Gasteiger partial charge in [-0.15, -0.1) is 0 Å². The van der Waals surface area contributed by atoms with Crippen LogP contribution in [0.3, 0.4) is 0 Å². The van der Waals surface area contributed by atoms with Gasteiger partial charge in [0.05, 0.1) is 6.10 Å². The molecule has 2 atom stereocenters. The number of rotatable bonds is 11. The van der Waals surface area contributed by atoms with Crippen LogP contribution >= 0.6 is 0 Å². The summed E-state index contributed by atoms with van der Waals surface area (Å²) in [5.74, 6) is -0.103. The van der Waals surface area contributed by atoms with Crippen LogP contribution < -0.4 is 4.74 Å². The molecule has 6 nitrogen and oxygen atoms in total. The van der Waals surface area contributed by atoms with Gasteiger partial charge in [0.25, 0.3) is 0 Å². The average molecular weight is 441 g/mol. The van der Waals surface area contributed by atoms with Crippen LogP contribution in [-0.4, -0.2) is 33.9 Å². The van der Waals surface area contributed by atoms with Crippen LogP contribution in [-0.2, 0) is 20.7 Å². The molecule has 0 N–H and O–H groups in total. The minimum atomic E-state index is -0.785. The van der Waals surface area contributed by atoms with Crippen LogP contribution in [0.15, 0.2) is 36.7 Å². The lowest BCUT2D eigenvalue weighted by Crippen LogP contribution is -2.34. The Hall–Kier alpha value is -2.31. The highest BCUT2D eigenvalue weighted by molar-refractivity contribution is 5.78. The maximum absolute atomic E-state index is 12.6. The maximum Gasteiger partial charge on any atom is 0.343 e. The molecule has 1 aromatic carbocycles. The van der Waals surface area contributed by atoms with Gasteiger partial charge in [-0.25, -0.2) is 14.8 Å². The number of aromatic nitrogens is 2. The highest BCUT2D eigenvalue weighted by Crippen LogP contribution is 2.31. The Morgan fingerprint density at radius 3 is 2.28 bits per heavy atom. The Bertz CT molecular complexity index is 849. The van der Waals surface area contributed by atoms with Crippen LogP contribution in [0.5, 0.6) is 5.75 Å². The fourth-order valence-corrected chi connectivity index (χ4v) is 3.92. The number of aryl methyl sites for hydroxylation is 1. The zero-order valence-electron chi connectivity index (χ0n) is 19.8. The third kappa shape index (κ3) is 6.84. The molecule has 2 aromatic rings. The summed E-state index contributed by atoms with van der Waals surface area (Å²) in [5, 5.41) is 0. The lowest BCUT2D eigenvalue weighted by Gasteiger charge is -2.16. The molecule has 32 heavy (non-hydrogen) atoms. The fraction of sp³-hybridized carbons (Fsp3) is 0.577. The number of nitrogens with zero attached hydrogens (tertiary/aromatic N) is 2. The van der Waals surface area contributed by atoms with Gasteiger partial charge in [0.15, 0.2) is 17.7 Å². The van der Waals surface area contributed by atoms with Crippen molar-refractivity contribution in [1.82, 2.24) is 9.97 Å². The van der Waals surface area contributed by atoms with Crippen LogP contribution in [0.4, 0.5) is 0 Å². The molecule has 0 amide bonds. The van der Waals surface area contributed by atoms with E-state index in [9.17, 15) is 4.79 Å². The molecule has 6 heteroatoms. The van der Waals surface area contributed by atoms with Crippen LogP contribution in [0.25, 0.3) is 11.4 Å². The van der Waals surface area contributed by atoms with Crippen LogP contribution in [0, 0.1) is 0 Å². The second kappa shape index (κ2) is 11.5. The Labute approximate surface area is 191 Å². The number of hydrogen-bond acceptors (Lipinski definition) is 6. The second-order valence-electron chi connectivity index (χ2n) is 8.88. The molecule has 1 aliphatic heterocycles. The molecule has 3 rings (SSSR count). The molecule has 0 saturated carbocycles. The van der Waals surface area contributed by atoms with Crippen molar-refractivity contribution in [3.63, 3.8) is 0 Å². The summed E-state index contributed by atoms with van der Waals surface area (Å²) in [4.78, 5) is 21.6. The molecule has 0 radical (unpaired) electrons. The number of carbonyl (C=O) groups excluding carboxylic acids is 1. The molecule has 1 saturated heterocycles. The Balaban J connectivity index is 1.51. The smallest absolute Gasteiger partial charge is 0.343 e. The first-order valence-corrected chi connectivity index (χ1v) is 11.9. The van der Waals surface area contributed by atoms with Crippen molar-refractivity contribution >= 4 is 5.97 Å². The highest BCUT2D eigenvalue weighted by Gasteiger charge is 2.45. The fourth-order valence-electron chi connectivity index (χ4n) is 3.92. The van der Waals surface area contributed by atoms with Crippen molar-refractivity contribution in [2.45, 2.75) is 97.1 Å². The number of benzene rings is 1. The Morgan fingerprint density at radius 1 is 0.969 bits per heavy atom. The minimum absolute atomic E-state index is 0.306. The lowest BCUT2D eigenvalue weighted by atomic mass is 10.1. The van der Waals surface area contributed by atoms with E-state index >= 15 is 0 Å². The van der Waals surface area contributed by atoms with Crippen molar-refractivity contribution in [2.24, 2.45) is 0 Å². The number of carbonyl (C=O) groups is 1. The molecule has 1 aromatic heterocycles. The molecular formula is C26H36N2O4. The summed E-state index contributed by atoms with van der Waals surface area (Å²) < 4.78 is 17.0. The van der Waals surface area contributed by atoms with Crippen molar-refractivity contribution in [2.75, 3.05) is 0 Å². The third-order valence-corrected chi connectivity index (χ3v) is 5.67. The monoisotopic (exact) mass is 440 g/mol. The van der Waals surface area contributed by atoms with Gasteiger partial charge in [0.1, 0.15) is 5.75 Å². The number of ether oxygens (including phenoxy) is 3. The van der Waals surface area contributed by atoms with E-state index in [4.69, 9.17) is 14.2 Å². The van der Waals surface area contributed by atoms with E-state index in [-0.39, 0.29) is 6.10 Å². The zero-order chi connectivity index (χ0) is 23.0. The standard InChI is InChI=1S/C26H36N2O4/c1-5-7-8-9-10-11-12-19-17-27-24(28-18-19)20-13-15-21(16-14-20)30-25(29)23-22(6-2)31-26(3,4)32-23/h13-18,22-23H,5-12H2,1-4H3. The predicted molar refractivity (Wildman–Crippen MR) is 124 cm³/mol. The summed E-state index contributed by atoms with van der Waals surface area (Å²) in [5.41, 5.74) is 2.05. The number of unbranched alkanes of at least 4 members (excludes halogenated alkanes) is 5. The average Bonchev–Trinajstić information content (AvgIpc) is 3.12. The van der Waals surface area contributed by atoms with E-state index in [1.54, 1.807) is 26.0 Å².